The van der Waals surface area contributed by atoms with Crippen molar-refractivity contribution < 1.29 is 9.47 Å². The van der Waals surface area contributed by atoms with E-state index in [2.05, 4.69) is 4.98 Å². The fourth-order valence-electron chi connectivity index (χ4n) is 1.79. The molecule has 6 N–H and O–H groups in total. The third-order valence-corrected chi connectivity index (χ3v) is 3.00. The van der Waals surface area contributed by atoms with Gasteiger partial charge in [-0.15, -0.1) is 24.8 Å². The molecule has 0 fully saturated rings. The van der Waals surface area contributed by atoms with E-state index in [0.717, 1.165) is 5.75 Å². The Kier molecular flexibility index (Phi) is 10.00. The number of hydrogen-bond donors (Lipinski definition) is 4. The van der Waals surface area contributed by atoms with Gasteiger partial charge in [-0.2, -0.15) is 0 Å². The van der Waals surface area contributed by atoms with Crippen LogP contribution in [0.2, 0.25) is 0 Å². The molecule has 0 radical (unpaired) electrons. The number of nitrogens with two attached hydrogens (primary N) is 2. The molecule has 0 saturated carbocycles. The summed E-state index contributed by atoms with van der Waals surface area (Å²) in [5, 5.41) is 14.6. The SMILES string of the molecule is Cl.Cl.N=C(N)c1ccc(OCCCOc2ccc(C(=N)N)nc2)cc1. The highest BCUT2D eigenvalue weighted by Crippen LogP contribution is 2.13. The summed E-state index contributed by atoms with van der Waals surface area (Å²) in [5.74, 6) is 1.32. The first-order valence-corrected chi connectivity index (χ1v) is 7.07. The van der Waals surface area contributed by atoms with Crippen LogP contribution in [-0.4, -0.2) is 29.9 Å². The number of nitrogen functional groups attached to an aromatic ring is 2. The number of aromatic nitrogens is 1. The maximum absolute atomic E-state index is 7.31. The van der Waals surface area contributed by atoms with Gasteiger partial charge >= 0.3 is 0 Å². The Morgan fingerprint density at radius 1 is 0.840 bits per heavy atom. The van der Waals surface area contributed by atoms with Crippen LogP contribution in [0.25, 0.3) is 0 Å². The van der Waals surface area contributed by atoms with Gasteiger partial charge in [-0.3, -0.25) is 10.8 Å². The Hall–Kier alpha value is -2.51. The number of benzene rings is 1. The monoisotopic (exact) mass is 385 g/mol. The van der Waals surface area contributed by atoms with Crippen molar-refractivity contribution in [3.05, 3.63) is 53.9 Å². The van der Waals surface area contributed by atoms with Crippen molar-refractivity contribution in [1.29, 1.82) is 10.8 Å². The summed E-state index contributed by atoms with van der Waals surface area (Å²) in [6.07, 6.45) is 2.25. The van der Waals surface area contributed by atoms with E-state index < -0.39 is 0 Å². The van der Waals surface area contributed by atoms with Gasteiger partial charge in [-0.1, -0.05) is 0 Å². The number of halogens is 2. The van der Waals surface area contributed by atoms with E-state index in [9.17, 15) is 0 Å². The largest absolute Gasteiger partial charge is 0.493 e. The number of nitrogens with one attached hydrogen (secondary N) is 2. The second-order valence-electron chi connectivity index (χ2n) is 4.78. The number of hydrogen-bond acceptors (Lipinski definition) is 5. The topological polar surface area (TPSA) is 131 Å². The number of nitrogens with zero attached hydrogens (tertiary/aromatic N) is 1. The lowest BCUT2D eigenvalue weighted by atomic mass is 10.2. The molecule has 0 bridgehead atoms. The molecule has 1 aromatic heterocycles. The zero-order valence-corrected chi connectivity index (χ0v) is 15.0. The molecule has 25 heavy (non-hydrogen) atoms. The van der Waals surface area contributed by atoms with Gasteiger partial charge in [-0.25, -0.2) is 4.98 Å². The quantitative estimate of drug-likeness (QED) is 0.314. The second-order valence-corrected chi connectivity index (χ2v) is 4.78. The molecule has 0 aliphatic carbocycles. The average Bonchev–Trinajstić information content (AvgIpc) is 2.55. The predicted octanol–water partition coefficient (Wildman–Crippen LogP) is 2.34. The molecule has 9 heteroatoms. The van der Waals surface area contributed by atoms with Crippen molar-refractivity contribution in [2.24, 2.45) is 11.5 Å². The molecule has 0 aliphatic rings. The fraction of sp³-hybridized carbons (Fsp3) is 0.188. The minimum absolute atomic E-state index is 0. The Morgan fingerprint density at radius 2 is 1.40 bits per heavy atom. The Balaban J connectivity index is 0.00000288. The van der Waals surface area contributed by atoms with E-state index in [0.29, 0.717) is 36.6 Å². The summed E-state index contributed by atoms with van der Waals surface area (Å²) in [6, 6.07) is 10.4. The van der Waals surface area contributed by atoms with E-state index in [-0.39, 0.29) is 36.5 Å². The summed E-state index contributed by atoms with van der Waals surface area (Å²) in [4.78, 5) is 4.01. The summed E-state index contributed by atoms with van der Waals surface area (Å²) >= 11 is 0. The highest BCUT2D eigenvalue weighted by atomic mass is 35.5. The van der Waals surface area contributed by atoms with Crippen LogP contribution in [0.4, 0.5) is 0 Å². The third-order valence-electron chi connectivity index (χ3n) is 3.00. The van der Waals surface area contributed by atoms with Crippen molar-refractivity contribution >= 4 is 36.5 Å². The van der Waals surface area contributed by atoms with E-state index >= 15 is 0 Å². The zero-order chi connectivity index (χ0) is 16.7. The molecule has 1 heterocycles. The van der Waals surface area contributed by atoms with E-state index in [4.69, 9.17) is 31.8 Å². The molecule has 136 valence electrons. The molecule has 7 nitrogen and oxygen atoms in total. The van der Waals surface area contributed by atoms with Crippen LogP contribution < -0.4 is 20.9 Å². The maximum atomic E-state index is 7.31. The molecule has 2 rings (SSSR count). The van der Waals surface area contributed by atoms with Crippen molar-refractivity contribution in [2.75, 3.05) is 13.2 Å². The van der Waals surface area contributed by atoms with Crippen LogP contribution in [0, 0.1) is 10.8 Å². The molecule has 0 saturated heterocycles. The Labute approximate surface area is 158 Å². The molecule has 0 atom stereocenters. The van der Waals surface area contributed by atoms with Crippen molar-refractivity contribution in [1.82, 2.24) is 4.98 Å². The Bertz CT molecular complexity index is 618. The average molecular weight is 386 g/mol. The van der Waals surface area contributed by atoms with Crippen molar-refractivity contribution in [2.45, 2.75) is 6.42 Å². The number of pyridine rings is 1. The van der Waals surface area contributed by atoms with Crippen LogP contribution in [-0.2, 0) is 0 Å². The molecule has 0 aliphatic heterocycles. The lowest BCUT2D eigenvalue weighted by Gasteiger charge is -2.08. The van der Waals surface area contributed by atoms with Gasteiger partial charge in [0.2, 0.25) is 0 Å². The first kappa shape index (κ1) is 22.5. The summed E-state index contributed by atoms with van der Waals surface area (Å²) in [6.45, 7) is 1.00. The van der Waals surface area contributed by atoms with Crippen molar-refractivity contribution in [3.63, 3.8) is 0 Å². The summed E-state index contributed by atoms with van der Waals surface area (Å²) < 4.78 is 11.1. The summed E-state index contributed by atoms with van der Waals surface area (Å²) in [5.41, 5.74) is 11.8. The van der Waals surface area contributed by atoms with Crippen LogP contribution in [0.1, 0.15) is 17.7 Å². The fourth-order valence-corrected chi connectivity index (χ4v) is 1.79. The predicted molar refractivity (Wildman–Crippen MR) is 103 cm³/mol. The molecule has 0 unspecified atom stereocenters. The highest BCUT2D eigenvalue weighted by molar-refractivity contribution is 5.95. The van der Waals surface area contributed by atoms with E-state index in [1.54, 1.807) is 36.4 Å². The third kappa shape index (κ3) is 7.28. The van der Waals surface area contributed by atoms with Crippen molar-refractivity contribution in [3.8, 4) is 11.5 Å². The molecule has 0 amide bonds. The van der Waals surface area contributed by atoms with Gasteiger partial charge in [0.05, 0.1) is 19.4 Å². The molecule has 2 aromatic rings. The van der Waals surface area contributed by atoms with Crippen LogP contribution in [0.15, 0.2) is 42.6 Å². The van der Waals surface area contributed by atoms with Crippen LogP contribution in [0.3, 0.4) is 0 Å². The first-order chi connectivity index (χ1) is 11.1. The number of rotatable bonds is 8. The summed E-state index contributed by atoms with van der Waals surface area (Å²) in [7, 11) is 0. The number of ether oxygens (including phenoxy) is 2. The zero-order valence-electron chi connectivity index (χ0n) is 13.4. The molecule has 0 spiro atoms. The normalized spacial score (nSPS) is 9.28. The van der Waals surface area contributed by atoms with Crippen LogP contribution in [0.5, 0.6) is 11.5 Å². The van der Waals surface area contributed by atoms with E-state index in [1.807, 2.05) is 0 Å². The smallest absolute Gasteiger partial charge is 0.141 e. The number of amidine groups is 2. The minimum Gasteiger partial charge on any atom is -0.493 e. The van der Waals surface area contributed by atoms with Gasteiger partial charge in [0.25, 0.3) is 0 Å². The lowest BCUT2D eigenvalue weighted by Crippen LogP contribution is -2.13. The van der Waals surface area contributed by atoms with Gasteiger partial charge in [0.15, 0.2) is 0 Å². The maximum Gasteiger partial charge on any atom is 0.141 e. The van der Waals surface area contributed by atoms with Crippen LogP contribution >= 0.6 is 24.8 Å². The van der Waals surface area contributed by atoms with Gasteiger partial charge in [-0.05, 0) is 36.4 Å². The minimum atomic E-state index is -0.0688. The Morgan fingerprint density at radius 3 is 1.88 bits per heavy atom. The van der Waals surface area contributed by atoms with E-state index in [1.165, 1.54) is 6.20 Å². The second kappa shape index (κ2) is 11.1. The standard InChI is InChI=1S/C16H19N5O2.2ClH/c17-15(18)11-2-4-12(5-3-11)22-8-1-9-23-13-6-7-14(16(19)20)21-10-13;;/h2-7,10H,1,8-9H2,(H3,17,18)(H3,19,20);2*1H. The van der Waals surface area contributed by atoms with Gasteiger partial charge in [0, 0.05) is 12.0 Å². The molecular weight excluding hydrogens is 365 g/mol. The first-order valence-electron chi connectivity index (χ1n) is 7.07. The molecule has 1 aromatic carbocycles. The van der Waals surface area contributed by atoms with Gasteiger partial charge < -0.3 is 20.9 Å². The lowest BCUT2D eigenvalue weighted by molar-refractivity contribution is 0.247. The molecular formula is C16H21Cl2N5O2. The van der Waals surface area contributed by atoms with Gasteiger partial charge in [0.1, 0.15) is 28.9 Å². The highest BCUT2D eigenvalue weighted by Gasteiger charge is 2.00.